The van der Waals surface area contributed by atoms with Crippen molar-refractivity contribution in [2.24, 2.45) is 5.92 Å². The van der Waals surface area contributed by atoms with E-state index in [9.17, 15) is 9.90 Å². The lowest BCUT2D eigenvalue weighted by Crippen LogP contribution is -2.30. The van der Waals surface area contributed by atoms with Crippen molar-refractivity contribution in [3.05, 3.63) is 80.7 Å². The highest BCUT2D eigenvalue weighted by atomic mass is 35.5. The number of benzene rings is 1. The largest absolute Gasteiger partial charge is 0.393 e. The molecule has 1 radical (unpaired) electrons. The zero-order valence-corrected chi connectivity index (χ0v) is 19.9. The van der Waals surface area contributed by atoms with Crippen molar-refractivity contribution in [1.29, 1.82) is 0 Å². The van der Waals surface area contributed by atoms with Crippen LogP contribution in [0.2, 0.25) is 5.02 Å². The smallest absolute Gasteiger partial charge is 0.208 e. The number of aryl methyl sites for hydroxylation is 1. The number of rotatable bonds is 5. The Kier molecular flexibility index (Phi) is 6.22. The van der Waals surface area contributed by atoms with E-state index in [1.165, 1.54) is 28.8 Å². The van der Waals surface area contributed by atoms with Gasteiger partial charge >= 0.3 is 0 Å². The van der Waals surface area contributed by atoms with E-state index in [1.807, 2.05) is 25.1 Å². The highest BCUT2D eigenvalue weighted by Gasteiger charge is 2.31. The Labute approximate surface area is 202 Å². The normalized spacial score (nSPS) is 24.5. The number of halogens is 1. The van der Waals surface area contributed by atoms with Gasteiger partial charge in [-0.15, -0.1) is 11.3 Å². The van der Waals surface area contributed by atoms with Gasteiger partial charge in [0.2, 0.25) is 5.78 Å². The second-order valence-corrected chi connectivity index (χ2v) is 10.5. The molecule has 33 heavy (non-hydrogen) atoms. The summed E-state index contributed by atoms with van der Waals surface area (Å²) in [7, 11) is 0. The molecule has 5 rings (SSSR count). The van der Waals surface area contributed by atoms with Crippen molar-refractivity contribution >= 4 is 34.5 Å². The van der Waals surface area contributed by atoms with E-state index in [-0.39, 0.29) is 23.8 Å². The predicted octanol–water partition coefficient (Wildman–Crippen LogP) is 4.35. The number of aliphatic hydroxyl groups excluding tert-OH is 1. The van der Waals surface area contributed by atoms with Crippen molar-refractivity contribution in [3.8, 4) is 0 Å². The minimum atomic E-state index is -0.439. The summed E-state index contributed by atoms with van der Waals surface area (Å²) in [5, 5.41) is 17.7. The number of carbonyl (C=O) groups is 1. The van der Waals surface area contributed by atoms with Gasteiger partial charge in [0.15, 0.2) is 0 Å². The molecule has 0 spiro atoms. The Morgan fingerprint density at radius 1 is 1.30 bits per heavy atom. The lowest BCUT2D eigenvalue weighted by Gasteiger charge is -2.27. The van der Waals surface area contributed by atoms with Crippen LogP contribution < -0.4 is 10.6 Å². The molecular weight excluding hydrogens is 456 g/mol. The number of aliphatic hydroxyl groups is 1. The molecule has 3 heterocycles. The standard InChI is InChI=1S/C25H26ClN4O2S/c1-13-7-17(9-21(13)31)30-25-20(11-27-12-29-25)24(32)22-10-18(14(2)33-22)23-19-8-16(26)4-3-15(19)5-6-28-23/h3-4,8,10-13,17,21,23,28,31H,1,5-7,9H2,2H3,(H,27,29,30)/t13-,17-,21+,23-/m1/s1. The molecule has 0 bridgehead atoms. The number of thiophene rings is 1. The van der Waals surface area contributed by atoms with E-state index >= 15 is 0 Å². The SMILES string of the molecule is [CH2][C@@H]1C[C@@H](Nc2ncncc2C(=O)c2cc([C@H]3NCCc4ccc(Cl)cc43)c(C)s2)C[C@@H]1O. The van der Waals surface area contributed by atoms with Gasteiger partial charge in [0.1, 0.15) is 12.1 Å². The maximum atomic E-state index is 13.5. The first-order valence-electron chi connectivity index (χ1n) is 11.1. The number of ketones is 1. The second kappa shape index (κ2) is 9.14. The topological polar surface area (TPSA) is 87.1 Å². The van der Waals surface area contributed by atoms with Crippen LogP contribution in [0.1, 0.15) is 55.7 Å². The molecule has 3 aromatic rings. The molecule has 1 saturated carbocycles. The molecule has 171 valence electrons. The van der Waals surface area contributed by atoms with Crippen LogP contribution in [0.25, 0.3) is 0 Å². The molecule has 0 saturated heterocycles. The summed E-state index contributed by atoms with van der Waals surface area (Å²) in [5.41, 5.74) is 3.98. The Morgan fingerprint density at radius 3 is 2.94 bits per heavy atom. The number of nitrogens with zero attached hydrogens (tertiary/aromatic N) is 2. The van der Waals surface area contributed by atoms with Gasteiger partial charge in [0, 0.05) is 28.7 Å². The molecule has 3 N–H and O–H groups in total. The average molecular weight is 482 g/mol. The first-order chi connectivity index (χ1) is 15.9. The molecule has 0 amide bonds. The zero-order chi connectivity index (χ0) is 23.1. The summed E-state index contributed by atoms with van der Waals surface area (Å²) in [4.78, 5) is 23.7. The van der Waals surface area contributed by atoms with Crippen LogP contribution in [-0.2, 0) is 6.42 Å². The Hall–Kier alpha value is -2.32. The van der Waals surface area contributed by atoms with Crippen LogP contribution in [0.15, 0.2) is 36.8 Å². The number of aromatic nitrogens is 2. The summed E-state index contributed by atoms with van der Waals surface area (Å²) in [5.74, 6) is 0.372. The molecule has 6 nitrogen and oxygen atoms in total. The van der Waals surface area contributed by atoms with Gasteiger partial charge in [0.25, 0.3) is 0 Å². The van der Waals surface area contributed by atoms with Gasteiger partial charge in [-0.1, -0.05) is 17.7 Å². The lowest BCUT2D eigenvalue weighted by atomic mass is 9.90. The van der Waals surface area contributed by atoms with Crippen molar-refractivity contribution in [2.45, 2.75) is 44.4 Å². The quantitative estimate of drug-likeness (QED) is 0.469. The molecule has 2 aromatic heterocycles. The van der Waals surface area contributed by atoms with E-state index in [0.717, 1.165) is 29.8 Å². The molecule has 1 fully saturated rings. The maximum Gasteiger partial charge on any atom is 0.208 e. The summed E-state index contributed by atoms with van der Waals surface area (Å²) in [6.07, 6.45) is 4.83. The van der Waals surface area contributed by atoms with E-state index in [0.29, 0.717) is 27.7 Å². The Morgan fingerprint density at radius 2 is 2.15 bits per heavy atom. The van der Waals surface area contributed by atoms with Gasteiger partial charge in [-0.25, -0.2) is 9.97 Å². The van der Waals surface area contributed by atoms with E-state index < -0.39 is 6.10 Å². The minimum absolute atomic E-state index is 0.00355. The Balaban J connectivity index is 1.43. The van der Waals surface area contributed by atoms with Crippen LogP contribution in [0.4, 0.5) is 5.82 Å². The molecular formula is C25H26ClN4O2S. The maximum absolute atomic E-state index is 13.5. The van der Waals surface area contributed by atoms with Crippen LogP contribution in [0, 0.1) is 19.8 Å². The number of anilines is 1. The van der Waals surface area contributed by atoms with E-state index in [2.05, 4.69) is 33.6 Å². The summed E-state index contributed by atoms with van der Waals surface area (Å²) < 4.78 is 0. The lowest BCUT2D eigenvalue weighted by molar-refractivity contribution is 0.104. The fourth-order valence-electron chi connectivity index (χ4n) is 4.85. The van der Waals surface area contributed by atoms with Crippen molar-refractivity contribution in [1.82, 2.24) is 15.3 Å². The third-order valence-electron chi connectivity index (χ3n) is 6.61. The second-order valence-electron chi connectivity index (χ2n) is 8.86. The first kappa shape index (κ1) is 22.5. The highest BCUT2D eigenvalue weighted by molar-refractivity contribution is 7.14. The Bertz CT molecular complexity index is 1190. The molecule has 1 aromatic carbocycles. The molecule has 4 atom stereocenters. The third-order valence-corrected chi connectivity index (χ3v) is 7.91. The van der Waals surface area contributed by atoms with Crippen LogP contribution in [-0.4, -0.2) is 39.5 Å². The highest BCUT2D eigenvalue weighted by Crippen LogP contribution is 2.37. The molecule has 0 unspecified atom stereocenters. The number of fused-ring (bicyclic) bond motifs is 1. The van der Waals surface area contributed by atoms with E-state index in [1.54, 1.807) is 6.20 Å². The number of hydrogen-bond acceptors (Lipinski definition) is 7. The van der Waals surface area contributed by atoms with Gasteiger partial charge < -0.3 is 15.7 Å². The summed E-state index contributed by atoms with van der Waals surface area (Å²) in [6.45, 7) is 6.91. The van der Waals surface area contributed by atoms with Crippen LogP contribution in [0.5, 0.6) is 0 Å². The monoisotopic (exact) mass is 481 g/mol. The summed E-state index contributed by atoms with van der Waals surface area (Å²) in [6, 6.07) is 8.06. The molecule has 1 aliphatic carbocycles. The van der Waals surface area contributed by atoms with Crippen molar-refractivity contribution in [2.75, 3.05) is 11.9 Å². The molecule has 1 aliphatic heterocycles. The number of carbonyl (C=O) groups excluding carboxylic acids is 1. The van der Waals surface area contributed by atoms with Gasteiger partial charge in [-0.2, -0.15) is 0 Å². The molecule has 8 heteroatoms. The fourth-order valence-corrected chi connectivity index (χ4v) is 6.05. The predicted molar refractivity (Wildman–Crippen MR) is 131 cm³/mol. The van der Waals surface area contributed by atoms with Crippen molar-refractivity contribution in [3.63, 3.8) is 0 Å². The van der Waals surface area contributed by atoms with Crippen LogP contribution >= 0.6 is 22.9 Å². The van der Waals surface area contributed by atoms with Gasteiger partial charge in [0.05, 0.1) is 22.6 Å². The van der Waals surface area contributed by atoms with E-state index in [4.69, 9.17) is 11.6 Å². The average Bonchev–Trinajstić information content (AvgIpc) is 3.34. The van der Waals surface area contributed by atoms with Gasteiger partial charge in [-0.3, -0.25) is 4.79 Å². The van der Waals surface area contributed by atoms with Gasteiger partial charge in [-0.05, 0) is 73.9 Å². The third kappa shape index (κ3) is 4.43. The summed E-state index contributed by atoms with van der Waals surface area (Å²) >= 11 is 7.78. The fraction of sp³-hybridized carbons (Fsp3) is 0.360. The van der Waals surface area contributed by atoms with Crippen LogP contribution in [0.3, 0.4) is 0 Å². The minimum Gasteiger partial charge on any atom is -0.393 e. The first-order valence-corrected chi connectivity index (χ1v) is 12.3. The number of hydrogen-bond donors (Lipinski definition) is 3. The van der Waals surface area contributed by atoms with Crippen molar-refractivity contribution < 1.29 is 9.90 Å². The molecule has 2 aliphatic rings. The zero-order valence-electron chi connectivity index (χ0n) is 18.3. The number of nitrogens with one attached hydrogen (secondary N) is 2.